The summed E-state index contributed by atoms with van der Waals surface area (Å²) in [6.07, 6.45) is 0.523. The zero-order valence-corrected chi connectivity index (χ0v) is 10.3. The fraction of sp³-hybridized carbons (Fsp3) is 0.182. The lowest BCUT2D eigenvalue weighted by Gasteiger charge is -1.98. The van der Waals surface area contributed by atoms with Gasteiger partial charge in [-0.1, -0.05) is 6.07 Å². The second kappa shape index (κ2) is 4.26. The van der Waals surface area contributed by atoms with Crippen LogP contribution in [0.1, 0.15) is 10.6 Å². The number of aliphatic imine (C=N–C) groups is 1. The van der Waals surface area contributed by atoms with Gasteiger partial charge in [-0.15, -0.1) is 11.3 Å². The van der Waals surface area contributed by atoms with Crippen molar-refractivity contribution in [2.24, 2.45) is 4.99 Å². The quantitative estimate of drug-likeness (QED) is 0.750. The lowest BCUT2D eigenvalue weighted by atomic mass is 10.3. The number of nitrogens with one attached hydrogen (secondary N) is 2. The molecule has 0 aromatic carbocycles. The smallest absolute Gasteiger partial charge is 0.276 e. The number of nitrogen functional groups attached to an aromatic ring is 1. The normalized spacial score (nSPS) is 15.7. The highest BCUT2D eigenvalue weighted by molar-refractivity contribution is 7.09. The van der Waals surface area contributed by atoms with E-state index < -0.39 is 0 Å². The second-order valence-corrected chi connectivity index (χ2v) is 4.95. The van der Waals surface area contributed by atoms with Crippen molar-refractivity contribution in [3.63, 3.8) is 0 Å². The number of thiophene rings is 1. The molecule has 2 aromatic rings. The molecule has 0 unspecified atom stereocenters. The Morgan fingerprint density at radius 3 is 3.22 bits per heavy atom. The zero-order valence-electron chi connectivity index (χ0n) is 9.43. The van der Waals surface area contributed by atoms with Crippen molar-refractivity contribution in [2.75, 3.05) is 11.1 Å². The van der Waals surface area contributed by atoms with Gasteiger partial charge in [0.2, 0.25) is 5.95 Å². The van der Waals surface area contributed by atoms with Crippen LogP contribution in [0.2, 0.25) is 0 Å². The molecular formula is C11H11N5OS. The van der Waals surface area contributed by atoms with Gasteiger partial charge in [-0.3, -0.25) is 14.8 Å². The summed E-state index contributed by atoms with van der Waals surface area (Å²) in [7, 11) is 0. The fourth-order valence-electron chi connectivity index (χ4n) is 1.81. The monoisotopic (exact) mass is 261 g/mol. The maximum absolute atomic E-state index is 11.6. The number of rotatable bonds is 2. The third-order valence-electron chi connectivity index (χ3n) is 2.62. The molecule has 4 N–H and O–H groups in total. The molecule has 0 saturated carbocycles. The summed E-state index contributed by atoms with van der Waals surface area (Å²) >= 11 is 1.66. The van der Waals surface area contributed by atoms with Crippen molar-refractivity contribution in [2.45, 2.75) is 13.0 Å². The van der Waals surface area contributed by atoms with Gasteiger partial charge in [-0.2, -0.15) is 0 Å². The average Bonchev–Trinajstić information content (AvgIpc) is 2.93. The predicted octanol–water partition coefficient (Wildman–Crippen LogP) is 0.980. The van der Waals surface area contributed by atoms with Crippen LogP contribution in [0.4, 0.5) is 11.6 Å². The van der Waals surface area contributed by atoms with Crippen molar-refractivity contribution in [3.05, 3.63) is 38.4 Å². The Labute approximate surface area is 107 Å². The number of H-pyrrole nitrogens is 1. The van der Waals surface area contributed by atoms with Crippen molar-refractivity contribution < 1.29 is 0 Å². The third-order valence-corrected chi connectivity index (χ3v) is 3.48. The van der Waals surface area contributed by atoms with Gasteiger partial charge in [0.1, 0.15) is 11.5 Å². The largest absolute Gasteiger partial charge is 0.369 e. The summed E-state index contributed by atoms with van der Waals surface area (Å²) in [5.74, 6) is 0.891. The first kappa shape index (κ1) is 11.0. The van der Waals surface area contributed by atoms with E-state index in [-0.39, 0.29) is 11.5 Å². The van der Waals surface area contributed by atoms with E-state index in [2.05, 4.69) is 20.3 Å². The van der Waals surface area contributed by atoms with E-state index in [0.29, 0.717) is 24.3 Å². The van der Waals surface area contributed by atoms with Crippen LogP contribution < -0.4 is 16.6 Å². The Kier molecular flexibility index (Phi) is 2.60. The summed E-state index contributed by atoms with van der Waals surface area (Å²) in [6, 6.07) is 4.02. The van der Waals surface area contributed by atoms with Gasteiger partial charge < -0.3 is 11.1 Å². The minimum absolute atomic E-state index is 0.139. The first-order chi connectivity index (χ1) is 8.72. The van der Waals surface area contributed by atoms with Crippen LogP contribution in [0.25, 0.3) is 0 Å². The average molecular weight is 261 g/mol. The van der Waals surface area contributed by atoms with Gasteiger partial charge in [-0.05, 0) is 11.4 Å². The molecule has 7 heteroatoms. The number of hydrogen-bond acceptors (Lipinski definition) is 5. The summed E-state index contributed by atoms with van der Waals surface area (Å²) in [6.45, 7) is 0.612. The molecule has 92 valence electrons. The van der Waals surface area contributed by atoms with E-state index in [4.69, 9.17) is 5.73 Å². The minimum atomic E-state index is -0.251. The maximum Gasteiger partial charge on any atom is 0.276 e. The summed E-state index contributed by atoms with van der Waals surface area (Å²) in [5, 5.41) is 5.00. The Hall–Kier alpha value is -2.15. The number of aromatic nitrogens is 2. The highest BCUT2D eigenvalue weighted by Crippen LogP contribution is 2.18. The second-order valence-electron chi connectivity index (χ2n) is 3.92. The van der Waals surface area contributed by atoms with E-state index in [9.17, 15) is 4.79 Å². The van der Waals surface area contributed by atoms with E-state index in [0.717, 1.165) is 5.84 Å². The SMILES string of the molecule is Nc1nc2c(c(=O)[nH]1)NC(=NCc1cccs1)C2. The van der Waals surface area contributed by atoms with Crippen molar-refractivity contribution in [1.29, 1.82) is 0 Å². The Balaban J connectivity index is 1.82. The zero-order chi connectivity index (χ0) is 12.5. The highest BCUT2D eigenvalue weighted by Gasteiger charge is 2.21. The number of amidine groups is 1. The van der Waals surface area contributed by atoms with E-state index in [1.165, 1.54) is 4.88 Å². The number of fused-ring (bicyclic) bond motifs is 1. The molecule has 0 spiro atoms. The Morgan fingerprint density at radius 2 is 2.44 bits per heavy atom. The molecule has 0 aliphatic carbocycles. The van der Waals surface area contributed by atoms with Crippen molar-refractivity contribution in [1.82, 2.24) is 9.97 Å². The molecule has 0 bridgehead atoms. The summed E-state index contributed by atoms with van der Waals surface area (Å²) in [5.41, 5.74) is 6.35. The van der Waals surface area contributed by atoms with E-state index >= 15 is 0 Å². The Morgan fingerprint density at radius 1 is 1.56 bits per heavy atom. The number of anilines is 2. The van der Waals surface area contributed by atoms with Crippen LogP contribution in [0.15, 0.2) is 27.3 Å². The van der Waals surface area contributed by atoms with Crippen molar-refractivity contribution >= 4 is 28.8 Å². The minimum Gasteiger partial charge on any atom is -0.369 e. The number of aromatic amines is 1. The summed E-state index contributed by atoms with van der Waals surface area (Å²) in [4.78, 5) is 23.8. The van der Waals surface area contributed by atoms with Crippen LogP contribution in [-0.2, 0) is 13.0 Å². The van der Waals surface area contributed by atoms with Gasteiger partial charge in [0.15, 0.2) is 0 Å². The van der Waals surface area contributed by atoms with Crippen LogP contribution in [0.5, 0.6) is 0 Å². The van der Waals surface area contributed by atoms with E-state index in [1.807, 2.05) is 17.5 Å². The van der Waals surface area contributed by atoms with Gasteiger partial charge in [0.05, 0.1) is 18.7 Å². The maximum atomic E-state index is 11.6. The fourth-order valence-corrected chi connectivity index (χ4v) is 2.44. The first-order valence-electron chi connectivity index (χ1n) is 5.44. The number of hydrogen-bond donors (Lipinski definition) is 3. The van der Waals surface area contributed by atoms with Gasteiger partial charge in [0.25, 0.3) is 5.56 Å². The Bertz CT molecular complexity index is 659. The van der Waals surface area contributed by atoms with Crippen LogP contribution in [0, 0.1) is 0 Å². The van der Waals surface area contributed by atoms with Crippen LogP contribution >= 0.6 is 11.3 Å². The molecule has 0 fully saturated rings. The third kappa shape index (κ3) is 2.00. The van der Waals surface area contributed by atoms with Crippen molar-refractivity contribution in [3.8, 4) is 0 Å². The van der Waals surface area contributed by atoms with Gasteiger partial charge in [0, 0.05) is 4.88 Å². The highest BCUT2D eigenvalue weighted by atomic mass is 32.1. The molecule has 1 aliphatic rings. The molecule has 0 amide bonds. The van der Waals surface area contributed by atoms with Gasteiger partial charge in [-0.25, -0.2) is 4.98 Å². The molecule has 0 saturated heterocycles. The topological polar surface area (TPSA) is 96.2 Å². The van der Waals surface area contributed by atoms with Crippen LogP contribution in [0.3, 0.4) is 0 Å². The molecule has 2 aromatic heterocycles. The van der Waals surface area contributed by atoms with E-state index in [1.54, 1.807) is 11.3 Å². The molecule has 1 aliphatic heterocycles. The predicted molar refractivity (Wildman–Crippen MR) is 72.1 cm³/mol. The lowest BCUT2D eigenvalue weighted by Crippen LogP contribution is -2.16. The summed E-state index contributed by atoms with van der Waals surface area (Å²) < 4.78 is 0. The molecule has 3 rings (SSSR count). The standard InChI is InChI=1S/C11H11N5OS/c12-11-14-7-4-8(15-9(7)10(17)16-11)13-5-6-2-1-3-18-6/h1-3H,4-5H2,(H,13,15)(H3,12,14,16,17). The molecule has 6 nitrogen and oxygen atoms in total. The van der Waals surface area contributed by atoms with Crippen LogP contribution in [-0.4, -0.2) is 15.8 Å². The molecular weight excluding hydrogens is 250 g/mol. The number of nitrogens with two attached hydrogens (primary N) is 1. The van der Waals surface area contributed by atoms with Gasteiger partial charge >= 0.3 is 0 Å². The molecule has 0 radical (unpaired) electrons. The molecule has 3 heterocycles. The molecule has 18 heavy (non-hydrogen) atoms. The number of nitrogens with zero attached hydrogens (tertiary/aromatic N) is 2. The lowest BCUT2D eigenvalue weighted by molar-refractivity contribution is 1.07. The molecule has 0 atom stereocenters. The first-order valence-corrected chi connectivity index (χ1v) is 6.32.